The van der Waals surface area contributed by atoms with E-state index in [2.05, 4.69) is 15.3 Å². The van der Waals surface area contributed by atoms with Gasteiger partial charge in [-0.3, -0.25) is 4.79 Å². The third-order valence-electron chi connectivity index (χ3n) is 2.22. The van der Waals surface area contributed by atoms with Gasteiger partial charge < -0.3 is 10.3 Å². The molecule has 0 saturated heterocycles. The zero-order valence-corrected chi connectivity index (χ0v) is 10.0. The first-order valence-electron chi connectivity index (χ1n) is 5.13. The molecule has 0 saturated carbocycles. The van der Waals surface area contributed by atoms with Crippen molar-refractivity contribution in [2.75, 3.05) is 0 Å². The number of aromatic nitrogens is 2. The van der Waals surface area contributed by atoms with Crippen LogP contribution in [0.5, 0.6) is 0 Å². The van der Waals surface area contributed by atoms with Gasteiger partial charge in [0.05, 0.1) is 6.42 Å². The fourth-order valence-corrected chi connectivity index (χ4v) is 1.41. The summed E-state index contributed by atoms with van der Waals surface area (Å²) in [7, 11) is 0. The normalized spacial score (nSPS) is 9.41. The van der Waals surface area contributed by atoms with E-state index in [0.29, 0.717) is 18.8 Å². The van der Waals surface area contributed by atoms with Crippen LogP contribution in [-0.2, 0) is 17.8 Å². The molecule has 0 unspecified atom stereocenters. The maximum atomic E-state index is 11.5. The lowest BCUT2D eigenvalue weighted by Crippen LogP contribution is -2.24. The summed E-state index contributed by atoms with van der Waals surface area (Å²) in [5.41, 5.74) is 1.09. The maximum absolute atomic E-state index is 11.5. The molecule has 0 aliphatic carbocycles. The number of hydrogen-bond acceptors (Lipinski definition) is 2. The Morgan fingerprint density at radius 3 is 2.71 bits per heavy atom. The molecule has 0 radical (unpaired) electrons. The number of halogens is 1. The first-order valence-corrected chi connectivity index (χ1v) is 5.13. The quantitative estimate of drug-likeness (QED) is 0.869. The number of aromatic amines is 1. The van der Waals surface area contributed by atoms with Crippen LogP contribution in [0.2, 0.25) is 0 Å². The number of amides is 1. The molecule has 17 heavy (non-hydrogen) atoms. The highest BCUT2D eigenvalue weighted by atomic mass is 35.5. The van der Waals surface area contributed by atoms with Crippen molar-refractivity contribution >= 4 is 18.3 Å². The molecule has 1 heterocycles. The number of carbonyl (C=O) groups is 1. The lowest BCUT2D eigenvalue weighted by atomic mass is 10.2. The van der Waals surface area contributed by atoms with Crippen molar-refractivity contribution in [1.82, 2.24) is 15.3 Å². The molecule has 5 heteroatoms. The third kappa shape index (κ3) is 4.28. The molecule has 0 spiro atoms. The van der Waals surface area contributed by atoms with Gasteiger partial charge in [-0.15, -0.1) is 12.4 Å². The average molecular weight is 252 g/mol. The molecule has 0 fully saturated rings. The highest BCUT2D eigenvalue weighted by Crippen LogP contribution is 1.97. The van der Waals surface area contributed by atoms with Gasteiger partial charge in [-0.1, -0.05) is 30.3 Å². The van der Waals surface area contributed by atoms with E-state index in [0.717, 1.165) is 5.56 Å². The SMILES string of the molecule is Cl.O=C(Cc1ncc[nH]1)NCc1ccccc1. The molecule has 90 valence electrons. The molecular weight excluding hydrogens is 238 g/mol. The van der Waals surface area contributed by atoms with E-state index in [1.807, 2.05) is 30.3 Å². The second-order valence-electron chi connectivity index (χ2n) is 3.47. The highest BCUT2D eigenvalue weighted by Gasteiger charge is 2.04. The van der Waals surface area contributed by atoms with Crippen LogP contribution in [0.1, 0.15) is 11.4 Å². The Bertz CT molecular complexity index is 442. The van der Waals surface area contributed by atoms with Crippen LogP contribution in [0.25, 0.3) is 0 Å². The number of nitrogens with one attached hydrogen (secondary N) is 2. The second kappa shape index (κ2) is 6.70. The minimum Gasteiger partial charge on any atom is -0.352 e. The summed E-state index contributed by atoms with van der Waals surface area (Å²) in [5, 5.41) is 2.84. The van der Waals surface area contributed by atoms with Gasteiger partial charge >= 0.3 is 0 Å². The van der Waals surface area contributed by atoms with Crippen LogP contribution in [0, 0.1) is 0 Å². The summed E-state index contributed by atoms with van der Waals surface area (Å²) >= 11 is 0. The Labute approximate surface area is 106 Å². The van der Waals surface area contributed by atoms with E-state index in [4.69, 9.17) is 0 Å². The number of hydrogen-bond donors (Lipinski definition) is 2. The van der Waals surface area contributed by atoms with Crippen LogP contribution in [0.4, 0.5) is 0 Å². The molecule has 2 aromatic rings. The van der Waals surface area contributed by atoms with Crippen molar-refractivity contribution in [2.24, 2.45) is 0 Å². The molecule has 0 aliphatic rings. The first kappa shape index (κ1) is 13.3. The van der Waals surface area contributed by atoms with Gasteiger partial charge in [0.1, 0.15) is 5.82 Å². The van der Waals surface area contributed by atoms with Crippen molar-refractivity contribution in [3.8, 4) is 0 Å². The summed E-state index contributed by atoms with van der Waals surface area (Å²) in [6.45, 7) is 0.556. The van der Waals surface area contributed by atoms with Crippen molar-refractivity contribution in [1.29, 1.82) is 0 Å². The fraction of sp³-hybridized carbons (Fsp3) is 0.167. The Morgan fingerprint density at radius 2 is 2.06 bits per heavy atom. The Kier molecular flexibility index (Phi) is 5.23. The summed E-state index contributed by atoms with van der Waals surface area (Å²) in [6.07, 6.45) is 3.64. The second-order valence-corrected chi connectivity index (χ2v) is 3.47. The Balaban J connectivity index is 0.00000144. The van der Waals surface area contributed by atoms with Crippen LogP contribution < -0.4 is 5.32 Å². The van der Waals surface area contributed by atoms with E-state index in [1.54, 1.807) is 12.4 Å². The number of benzene rings is 1. The summed E-state index contributed by atoms with van der Waals surface area (Å²) < 4.78 is 0. The first-order chi connectivity index (χ1) is 7.84. The standard InChI is InChI=1S/C12H13N3O.ClH/c16-12(8-11-13-6-7-14-11)15-9-10-4-2-1-3-5-10;/h1-7H,8-9H2,(H,13,14)(H,15,16);1H. The largest absolute Gasteiger partial charge is 0.352 e. The van der Waals surface area contributed by atoms with Gasteiger partial charge in [0.2, 0.25) is 5.91 Å². The molecule has 0 atom stereocenters. The van der Waals surface area contributed by atoms with Gasteiger partial charge in [-0.2, -0.15) is 0 Å². The lowest BCUT2D eigenvalue weighted by molar-refractivity contribution is -0.120. The number of carbonyl (C=O) groups excluding carboxylic acids is 1. The monoisotopic (exact) mass is 251 g/mol. The van der Waals surface area contributed by atoms with Gasteiger partial charge in [-0.05, 0) is 5.56 Å². The molecule has 2 N–H and O–H groups in total. The van der Waals surface area contributed by atoms with Gasteiger partial charge in [0.25, 0.3) is 0 Å². The van der Waals surface area contributed by atoms with Gasteiger partial charge in [0.15, 0.2) is 0 Å². The predicted octanol–water partition coefficient (Wildman–Crippen LogP) is 1.69. The van der Waals surface area contributed by atoms with Crippen LogP contribution in [0.15, 0.2) is 42.7 Å². The molecule has 1 amide bonds. The van der Waals surface area contributed by atoms with E-state index in [9.17, 15) is 4.79 Å². The molecule has 2 rings (SSSR count). The Hall–Kier alpha value is -1.81. The minimum absolute atomic E-state index is 0. The van der Waals surface area contributed by atoms with Gasteiger partial charge in [0, 0.05) is 18.9 Å². The minimum atomic E-state index is -0.0289. The lowest BCUT2D eigenvalue weighted by Gasteiger charge is -2.03. The van der Waals surface area contributed by atoms with Crippen LogP contribution in [-0.4, -0.2) is 15.9 Å². The zero-order valence-electron chi connectivity index (χ0n) is 9.22. The number of imidazole rings is 1. The summed E-state index contributed by atoms with van der Waals surface area (Å²) in [4.78, 5) is 18.4. The molecule has 1 aromatic carbocycles. The zero-order chi connectivity index (χ0) is 11.2. The molecule has 4 nitrogen and oxygen atoms in total. The number of rotatable bonds is 4. The van der Waals surface area contributed by atoms with E-state index in [1.165, 1.54) is 0 Å². The number of nitrogens with zero attached hydrogens (tertiary/aromatic N) is 1. The van der Waals surface area contributed by atoms with E-state index in [-0.39, 0.29) is 18.3 Å². The summed E-state index contributed by atoms with van der Waals surface area (Å²) in [5.74, 6) is 0.657. The van der Waals surface area contributed by atoms with E-state index < -0.39 is 0 Å². The summed E-state index contributed by atoms with van der Waals surface area (Å²) in [6, 6.07) is 9.82. The van der Waals surface area contributed by atoms with Crippen molar-refractivity contribution < 1.29 is 4.79 Å². The smallest absolute Gasteiger partial charge is 0.227 e. The van der Waals surface area contributed by atoms with Crippen molar-refractivity contribution in [3.63, 3.8) is 0 Å². The average Bonchev–Trinajstić information content (AvgIpc) is 2.81. The van der Waals surface area contributed by atoms with Crippen LogP contribution >= 0.6 is 12.4 Å². The third-order valence-corrected chi connectivity index (χ3v) is 2.22. The number of H-pyrrole nitrogens is 1. The molecule has 1 aromatic heterocycles. The highest BCUT2D eigenvalue weighted by molar-refractivity contribution is 5.85. The van der Waals surface area contributed by atoms with Crippen LogP contribution in [0.3, 0.4) is 0 Å². The van der Waals surface area contributed by atoms with Gasteiger partial charge in [-0.25, -0.2) is 4.98 Å². The maximum Gasteiger partial charge on any atom is 0.227 e. The fourth-order valence-electron chi connectivity index (χ4n) is 1.41. The topological polar surface area (TPSA) is 57.8 Å². The predicted molar refractivity (Wildman–Crippen MR) is 67.8 cm³/mol. The van der Waals surface area contributed by atoms with E-state index >= 15 is 0 Å². The molecule has 0 bridgehead atoms. The molecular formula is C12H14ClN3O. The molecule has 0 aliphatic heterocycles. The van der Waals surface area contributed by atoms with Crippen molar-refractivity contribution in [3.05, 3.63) is 54.1 Å². The van der Waals surface area contributed by atoms with Crippen molar-refractivity contribution in [2.45, 2.75) is 13.0 Å². The Morgan fingerprint density at radius 1 is 1.29 bits per heavy atom.